The minimum absolute atomic E-state index is 0.632. The molecule has 1 heterocycles. The highest BCUT2D eigenvalue weighted by Gasteiger charge is 2.07. The number of rotatable bonds is 4. The molecule has 5 heteroatoms. The lowest BCUT2D eigenvalue weighted by Gasteiger charge is -2.12. The molecule has 1 aromatic heterocycles. The van der Waals surface area contributed by atoms with Gasteiger partial charge >= 0.3 is 0 Å². The van der Waals surface area contributed by atoms with Crippen molar-refractivity contribution in [1.82, 2.24) is 9.88 Å². The molecule has 2 rings (SSSR count). The fourth-order valence-electron chi connectivity index (χ4n) is 1.40. The Bertz CT molecular complexity index is 481. The molecular formula is C11H15N3OS. The van der Waals surface area contributed by atoms with E-state index in [1.807, 2.05) is 26.2 Å². The Morgan fingerprint density at radius 2 is 2.25 bits per heavy atom. The zero-order chi connectivity index (χ0) is 11.5. The summed E-state index contributed by atoms with van der Waals surface area (Å²) in [5.41, 5.74) is 9.26. The monoisotopic (exact) mass is 237 g/mol. The summed E-state index contributed by atoms with van der Waals surface area (Å²) in [5, 5.41) is 0. The van der Waals surface area contributed by atoms with Gasteiger partial charge in [-0.05, 0) is 26.2 Å². The largest absolute Gasteiger partial charge is 0.490 e. The lowest BCUT2D eigenvalue weighted by molar-refractivity contribution is 0.262. The van der Waals surface area contributed by atoms with Crippen LogP contribution in [0.1, 0.15) is 0 Å². The van der Waals surface area contributed by atoms with Gasteiger partial charge in [-0.2, -0.15) is 0 Å². The first-order chi connectivity index (χ1) is 7.68. The van der Waals surface area contributed by atoms with Crippen LogP contribution in [0.15, 0.2) is 17.6 Å². The van der Waals surface area contributed by atoms with Crippen LogP contribution in [0.25, 0.3) is 10.2 Å². The van der Waals surface area contributed by atoms with E-state index in [0.29, 0.717) is 12.3 Å². The number of likely N-dealkylation sites (N-methyl/N-ethyl adjacent to an activating group) is 1. The van der Waals surface area contributed by atoms with E-state index in [-0.39, 0.29) is 0 Å². The van der Waals surface area contributed by atoms with E-state index in [1.54, 1.807) is 16.8 Å². The van der Waals surface area contributed by atoms with E-state index < -0.39 is 0 Å². The van der Waals surface area contributed by atoms with Crippen LogP contribution >= 0.6 is 11.3 Å². The predicted octanol–water partition coefficient (Wildman–Crippen LogP) is 1.82. The molecule has 1 aromatic carbocycles. The molecule has 0 saturated carbocycles. The van der Waals surface area contributed by atoms with Crippen LogP contribution < -0.4 is 10.5 Å². The van der Waals surface area contributed by atoms with Gasteiger partial charge in [0.25, 0.3) is 0 Å². The molecular weight excluding hydrogens is 222 g/mol. The number of anilines is 1. The molecule has 16 heavy (non-hydrogen) atoms. The summed E-state index contributed by atoms with van der Waals surface area (Å²) in [6.45, 7) is 1.50. The summed E-state index contributed by atoms with van der Waals surface area (Å²) < 4.78 is 6.72. The maximum Gasteiger partial charge on any atom is 0.144 e. The van der Waals surface area contributed by atoms with Gasteiger partial charge in [-0.15, -0.1) is 11.3 Å². The summed E-state index contributed by atoms with van der Waals surface area (Å²) in [6.07, 6.45) is 0. The molecule has 0 saturated heterocycles. The van der Waals surface area contributed by atoms with Crippen molar-refractivity contribution in [3.8, 4) is 5.75 Å². The van der Waals surface area contributed by atoms with Gasteiger partial charge in [0.1, 0.15) is 23.6 Å². The van der Waals surface area contributed by atoms with Crippen molar-refractivity contribution in [2.45, 2.75) is 0 Å². The fourth-order valence-corrected chi connectivity index (χ4v) is 2.09. The number of nitrogens with two attached hydrogens (primary N) is 1. The molecule has 2 N–H and O–H groups in total. The minimum atomic E-state index is 0.632. The Morgan fingerprint density at radius 3 is 3.00 bits per heavy atom. The number of hydrogen-bond donors (Lipinski definition) is 1. The van der Waals surface area contributed by atoms with E-state index in [9.17, 15) is 0 Å². The molecule has 0 aliphatic carbocycles. The molecule has 86 valence electrons. The van der Waals surface area contributed by atoms with Crippen LogP contribution in [-0.2, 0) is 0 Å². The molecule has 0 radical (unpaired) electrons. The van der Waals surface area contributed by atoms with Gasteiger partial charge in [0.05, 0.1) is 10.2 Å². The van der Waals surface area contributed by atoms with Gasteiger partial charge in [0, 0.05) is 6.54 Å². The number of nitrogens with zero attached hydrogens (tertiary/aromatic N) is 2. The molecule has 0 spiro atoms. The van der Waals surface area contributed by atoms with Crippen molar-refractivity contribution in [3.63, 3.8) is 0 Å². The minimum Gasteiger partial charge on any atom is -0.490 e. The molecule has 0 amide bonds. The van der Waals surface area contributed by atoms with Crippen LogP contribution in [0.3, 0.4) is 0 Å². The van der Waals surface area contributed by atoms with E-state index in [2.05, 4.69) is 9.88 Å². The van der Waals surface area contributed by atoms with E-state index in [4.69, 9.17) is 10.5 Å². The predicted molar refractivity (Wildman–Crippen MR) is 68.1 cm³/mol. The summed E-state index contributed by atoms with van der Waals surface area (Å²) in [5.74, 6) is 0.722. The van der Waals surface area contributed by atoms with Crippen LogP contribution in [0.5, 0.6) is 5.75 Å². The van der Waals surface area contributed by atoms with Gasteiger partial charge in [-0.1, -0.05) is 0 Å². The highest BCUT2D eigenvalue weighted by molar-refractivity contribution is 7.16. The van der Waals surface area contributed by atoms with Crippen LogP contribution in [-0.4, -0.2) is 37.1 Å². The summed E-state index contributed by atoms with van der Waals surface area (Å²) in [4.78, 5) is 6.29. The maximum absolute atomic E-state index is 5.99. The summed E-state index contributed by atoms with van der Waals surface area (Å²) in [6, 6.07) is 3.90. The van der Waals surface area contributed by atoms with Crippen molar-refractivity contribution < 1.29 is 4.74 Å². The normalized spacial score (nSPS) is 11.2. The molecule has 0 aliphatic rings. The van der Waals surface area contributed by atoms with Crippen LogP contribution in [0.4, 0.5) is 5.69 Å². The third kappa shape index (κ3) is 2.25. The van der Waals surface area contributed by atoms with Crippen LogP contribution in [0.2, 0.25) is 0 Å². The molecule has 0 fully saturated rings. The number of thiazole rings is 1. The van der Waals surface area contributed by atoms with Gasteiger partial charge in [-0.25, -0.2) is 4.98 Å². The first-order valence-electron chi connectivity index (χ1n) is 5.07. The SMILES string of the molecule is CN(C)CCOc1ccc2scnc2c1N. The highest BCUT2D eigenvalue weighted by Crippen LogP contribution is 2.31. The number of nitrogen functional groups attached to an aromatic ring is 1. The molecule has 2 aromatic rings. The zero-order valence-corrected chi connectivity index (χ0v) is 10.3. The summed E-state index contributed by atoms with van der Waals surface area (Å²) in [7, 11) is 4.02. The van der Waals surface area contributed by atoms with Crippen LogP contribution in [0, 0.1) is 0 Å². The Morgan fingerprint density at radius 1 is 1.44 bits per heavy atom. The second-order valence-corrected chi connectivity index (χ2v) is 4.71. The molecule has 4 nitrogen and oxygen atoms in total. The Labute approximate surface area is 98.6 Å². The first kappa shape index (κ1) is 11.2. The molecule has 0 unspecified atom stereocenters. The van der Waals surface area contributed by atoms with Crippen molar-refractivity contribution in [3.05, 3.63) is 17.6 Å². The topological polar surface area (TPSA) is 51.4 Å². The number of hydrogen-bond acceptors (Lipinski definition) is 5. The number of benzene rings is 1. The van der Waals surface area contributed by atoms with E-state index >= 15 is 0 Å². The maximum atomic E-state index is 5.99. The lowest BCUT2D eigenvalue weighted by atomic mass is 10.2. The van der Waals surface area contributed by atoms with Gasteiger partial charge in [-0.3, -0.25) is 0 Å². The van der Waals surface area contributed by atoms with Gasteiger partial charge in [0.2, 0.25) is 0 Å². The average molecular weight is 237 g/mol. The van der Waals surface area contributed by atoms with E-state index in [1.165, 1.54) is 0 Å². The van der Waals surface area contributed by atoms with Gasteiger partial charge < -0.3 is 15.4 Å². The molecule has 0 bridgehead atoms. The van der Waals surface area contributed by atoms with Gasteiger partial charge in [0.15, 0.2) is 0 Å². The smallest absolute Gasteiger partial charge is 0.144 e. The average Bonchev–Trinajstić information content (AvgIpc) is 2.69. The number of aromatic nitrogens is 1. The number of fused-ring (bicyclic) bond motifs is 1. The number of ether oxygens (including phenoxy) is 1. The Hall–Kier alpha value is -1.33. The molecule has 0 aliphatic heterocycles. The second-order valence-electron chi connectivity index (χ2n) is 3.83. The second kappa shape index (κ2) is 4.67. The summed E-state index contributed by atoms with van der Waals surface area (Å²) >= 11 is 1.58. The lowest BCUT2D eigenvalue weighted by Crippen LogP contribution is -2.19. The quantitative estimate of drug-likeness (QED) is 0.824. The highest BCUT2D eigenvalue weighted by atomic mass is 32.1. The Kier molecular flexibility index (Phi) is 3.26. The van der Waals surface area contributed by atoms with Crippen molar-refractivity contribution >= 4 is 27.2 Å². The first-order valence-corrected chi connectivity index (χ1v) is 5.95. The third-order valence-electron chi connectivity index (χ3n) is 2.30. The third-order valence-corrected chi connectivity index (χ3v) is 3.09. The standard InChI is InChI=1S/C11H15N3OS/c1-14(2)5-6-15-8-3-4-9-11(10(8)12)13-7-16-9/h3-4,7H,5-6,12H2,1-2H3. The zero-order valence-electron chi connectivity index (χ0n) is 9.43. The van der Waals surface area contributed by atoms with Crippen molar-refractivity contribution in [2.75, 3.05) is 33.0 Å². The Balaban J connectivity index is 2.15. The fraction of sp³-hybridized carbons (Fsp3) is 0.364. The van der Waals surface area contributed by atoms with Crippen molar-refractivity contribution in [1.29, 1.82) is 0 Å². The molecule has 0 atom stereocenters. The van der Waals surface area contributed by atoms with Crippen molar-refractivity contribution in [2.24, 2.45) is 0 Å². The van der Waals surface area contributed by atoms with E-state index in [0.717, 1.165) is 22.5 Å².